The maximum absolute atomic E-state index is 11.8. The highest BCUT2D eigenvalue weighted by Gasteiger charge is 2.46. The van der Waals surface area contributed by atoms with Gasteiger partial charge in [0.2, 0.25) is 0 Å². The molecule has 0 radical (unpaired) electrons. The largest absolute Gasteiger partial charge is 0.468 e. The van der Waals surface area contributed by atoms with Gasteiger partial charge in [0.25, 0.3) is 0 Å². The van der Waals surface area contributed by atoms with Crippen LogP contribution in [0.5, 0.6) is 0 Å². The number of ketones is 1. The molecular weight excluding hydrogens is 180 g/mol. The third kappa shape index (κ3) is 1.72. The van der Waals surface area contributed by atoms with Gasteiger partial charge in [0.15, 0.2) is 0 Å². The molecule has 3 heteroatoms. The molecular formula is C11H16O3. The molecule has 14 heavy (non-hydrogen) atoms. The summed E-state index contributed by atoms with van der Waals surface area (Å²) < 4.78 is 4.71. The van der Waals surface area contributed by atoms with Crippen molar-refractivity contribution < 1.29 is 14.3 Å². The standard InChI is InChI=1S/C11H16O3/c1-3-7-11(10(13)14-2)8-5-4-6-9(11)12/h3H,1,4-8H2,2H3/t11-/m1/s1. The van der Waals surface area contributed by atoms with Gasteiger partial charge in [-0.1, -0.05) is 12.5 Å². The number of Topliss-reactive ketones (excluding diaryl/α,β-unsaturated/α-hetero) is 1. The van der Waals surface area contributed by atoms with E-state index in [0.29, 0.717) is 19.3 Å². The number of hydrogen-bond donors (Lipinski definition) is 0. The third-order valence-electron chi connectivity index (χ3n) is 2.86. The lowest BCUT2D eigenvalue weighted by Crippen LogP contribution is -2.42. The van der Waals surface area contributed by atoms with Crippen molar-refractivity contribution in [1.82, 2.24) is 0 Å². The predicted octanol–water partition coefficient (Wildman–Crippen LogP) is 1.86. The normalized spacial score (nSPS) is 27.1. The zero-order valence-electron chi connectivity index (χ0n) is 8.54. The summed E-state index contributed by atoms with van der Waals surface area (Å²) in [5.41, 5.74) is -0.922. The Kier molecular flexibility index (Phi) is 3.44. The molecule has 1 atom stereocenters. The van der Waals surface area contributed by atoms with Gasteiger partial charge in [-0.25, -0.2) is 0 Å². The Morgan fingerprint density at radius 2 is 2.36 bits per heavy atom. The van der Waals surface area contributed by atoms with Crippen LogP contribution in [0.2, 0.25) is 0 Å². The van der Waals surface area contributed by atoms with Gasteiger partial charge in [0, 0.05) is 6.42 Å². The summed E-state index contributed by atoms with van der Waals surface area (Å²) >= 11 is 0. The van der Waals surface area contributed by atoms with Crippen molar-refractivity contribution in [2.75, 3.05) is 7.11 Å². The highest BCUT2D eigenvalue weighted by Crippen LogP contribution is 2.37. The van der Waals surface area contributed by atoms with Crippen LogP contribution in [0.1, 0.15) is 32.1 Å². The Bertz CT molecular complexity index is 247. The average Bonchev–Trinajstić information content (AvgIpc) is 2.20. The molecule has 0 bridgehead atoms. The van der Waals surface area contributed by atoms with E-state index >= 15 is 0 Å². The lowest BCUT2D eigenvalue weighted by atomic mass is 9.71. The van der Waals surface area contributed by atoms with Gasteiger partial charge in [0.05, 0.1) is 7.11 Å². The van der Waals surface area contributed by atoms with Gasteiger partial charge < -0.3 is 4.74 Å². The first-order valence-electron chi connectivity index (χ1n) is 4.90. The highest BCUT2D eigenvalue weighted by molar-refractivity contribution is 6.04. The summed E-state index contributed by atoms with van der Waals surface area (Å²) in [6.45, 7) is 3.59. The Balaban J connectivity index is 2.93. The monoisotopic (exact) mass is 196 g/mol. The third-order valence-corrected chi connectivity index (χ3v) is 2.86. The summed E-state index contributed by atoms with van der Waals surface area (Å²) in [6.07, 6.45) is 4.91. The molecule has 0 saturated heterocycles. The fraction of sp³-hybridized carbons (Fsp3) is 0.636. The Morgan fingerprint density at radius 3 is 2.86 bits per heavy atom. The minimum absolute atomic E-state index is 0.00972. The van der Waals surface area contributed by atoms with E-state index in [1.807, 2.05) is 0 Å². The molecule has 1 saturated carbocycles. The molecule has 78 valence electrons. The molecule has 0 unspecified atom stereocenters. The average molecular weight is 196 g/mol. The summed E-state index contributed by atoms with van der Waals surface area (Å²) in [7, 11) is 1.33. The van der Waals surface area contributed by atoms with Crippen LogP contribution < -0.4 is 0 Å². The predicted molar refractivity (Wildman–Crippen MR) is 52.7 cm³/mol. The number of hydrogen-bond acceptors (Lipinski definition) is 3. The molecule has 0 heterocycles. The van der Waals surface area contributed by atoms with E-state index in [1.54, 1.807) is 6.08 Å². The fourth-order valence-corrected chi connectivity index (χ4v) is 2.05. The molecule has 1 rings (SSSR count). The highest BCUT2D eigenvalue weighted by atomic mass is 16.5. The van der Waals surface area contributed by atoms with Crippen molar-refractivity contribution in [3.63, 3.8) is 0 Å². The van der Waals surface area contributed by atoms with Crippen LogP contribution in [-0.2, 0) is 14.3 Å². The molecule has 1 fully saturated rings. The van der Waals surface area contributed by atoms with E-state index in [4.69, 9.17) is 4.74 Å². The second-order valence-electron chi connectivity index (χ2n) is 3.70. The van der Waals surface area contributed by atoms with Gasteiger partial charge in [-0.2, -0.15) is 0 Å². The SMILES string of the molecule is C=CC[C@@]1(C(=O)OC)CCCCC1=O. The maximum atomic E-state index is 11.8. The minimum atomic E-state index is -0.922. The molecule has 0 aromatic rings. The molecule has 0 aromatic carbocycles. The maximum Gasteiger partial charge on any atom is 0.319 e. The van der Waals surface area contributed by atoms with E-state index in [0.717, 1.165) is 12.8 Å². The Labute approximate surface area is 84.1 Å². The molecule has 1 aliphatic carbocycles. The van der Waals surface area contributed by atoms with E-state index in [-0.39, 0.29) is 5.78 Å². The lowest BCUT2D eigenvalue weighted by Gasteiger charge is -2.31. The van der Waals surface area contributed by atoms with E-state index < -0.39 is 11.4 Å². The number of esters is 1. The number of rotatable bonds is 3. The van der Waals surface area contributed by atoms with Gasteiger partial charge in [-0.05, 0) is 19.3 Å². The molecule has 0 aromatic heterocycles. The van der Waals surface area contributed by atoms with Crippen LogP contribution in [0.4, 0.5) is 0 Å². The summed E-state index contributed by atoms with van der Waals surface area (Å²) in [5, 5.41) is 0. The van der Waals surface area contributed by atoms with Crippen LogP contribution in [-0.4, -0.2) is 18.9 Å². The number of methoxy groups -OCH3 is 1. The van der Waals surface area contributed by atoms with Crippen molar-refractivity contribution in [3.8, 4) is 0 Å². The first kappa shape index (κ1) is 11.0. The fourth-order valence-electron chi connectivity index (χ4n) is 2.05. The molecule has 0 amide bonds. The number of ether oxygens (including phenoxy) is 1. The Hall–Kier alpha value is -1.12. The van der Waals surface area contributed by atoms with Crippen molar-refractivity contribution in [2.45, 2.75) is 32.1 Å². The van der Waals surface area contributed by atoms with Gasteiger partial charge >= 0.3 is 5.97 Å². The Morgan fingerprint density at radius 1 is 1.64 bits per heavy atom. The smallest absolute Gasteiger partial charge is 0.319 e. The number of allylic oxidation sites excluding steroid dienone is 1. The molecule has 1 aliphatic rings. The summed E-state index contributed by atoms with van der Waals surface area (Å²) in [4.78, 5) is 23.4. The van der Waals surface area contributed by atoms with Crippen LogP contribution in [0.15, 0.2) is 12.7 Å². The van der Waals surface area contributed by atoms with Crippen molar-refractivity contribution in [2.24, 2.45) is 5.41 Å². The van der Waals surface area contributed by atoms with Crippen molar-refractivity contribution >= 4 is 11.8 Å². The first-order chi connectivity index (χ1) is 6.67. The minimum Gasteiger partial charge on any atom is -0.468 e. The van der Waals surface area contributed by atoms with Crippen LogP contribution in [0.3, 0.4) is 0 Å². The van der Waals surface area contributed by atoms with E-state index in [2.05, 4.69) is 6.58 Å². The zero-order valence-corrected chi connectivity index (χ0v) is 8.54. The van der Waals surface area contributed by atoms with Crippen LogP contribution in [0, 0.1) is 5.41 Å². The topological polar surface area (TPSA) is 43.4 Å². The summed E-state index contributed by atoms with van der Waals surface area (Å²) in [6, 6.07) is 0. The van der Waals surface area contributed by atoms with E-state index in [1.165, 1.54) is 7.11 Å². The molecule has 0 N–H and O–H groups in total. The first-order valence-corrected chi connectivity index (χ1v) is 4.90. The van der Waals surface area contributed by atoms with E-state index in [9.17, 15) is 9.59 Å². The van der Waals surface area contributed by atoms with Crippen LogP contribution in [0.25, 0.3) is 0 Å². The zero-order chi connectivity index (χ0) is 10.6. The quantitative estimate of drug-likeness (QED) is 0.393. The van der Waals surface area contributed by atoms with Crippen molar-refractivity contribution in [3.05, 3.63) is 12.7 Å². The van der Waals surface area contributed by atoms with Gasteiger partial charge in [-0.15, -0.1) is 6.58 Å². The van der Waals surface area contributed by atoms with Crippen LogP contribution >= 0.6 is 0 Å². The van der Waals surface area contributed by atoms with Gasteiger partial charge in [-0.3, -0.25) is 9.59 Å². The van der Waals surface area contributed by atoms with Crippen molar-refractivity contribution in [1.29, 1.82) is 0 Å². The molecule has 0 aliphatic heterocycles. The van der Waals surface area contributed by atoms with Gasteiger partial charge in [0.1, 0.15) is 11.2 Å². The summed E-state index contributed by atoms with van der Waals surface area (Å²) in [5.74, 6) is -0.391. The number of carbonyl (C=O) groups is 2. The lowest BCUT2D eigenvalue weighted by molar-refractivity contribution is -0.159. The number of carbonyl (C=O) groups excluding carboxylic acids is 2. The molecule has 3 nitrogen and oxygen atoms in total. The molecule has 0 spiro atoms. The second kappa shape index (κ2) is 4.40. The second-order valence-corrected chi connectivity index (χ2v) is 3.70.